The number of halogens is 2. The first-order valence-corrected chi connectivity index (χ1v) is 4.96. The summed E-state index contributed by atoms with van der Waals surface area (Å²) in [4.78, 5) is 0. The lowest BCUT2D eigenvalue weighted by Gasteiger charge is -2.09. The SMILES string of the molecule is CC(Cc1cn[nH]n1)c1ccc(F)c(F)c1. The molecule has 3 nitrogen and oxygen atoms in total. The van der Waals surface area contributed by atoms with Crippen LogP contribution < -0.4 is 0 Å². The van der Waals surface area contributed by atoms with Gasteiger partial charge in [-0.2, -0.15) is 15.4 Å². The number of H-pyrrole nitrogens is 1. The minimum atomic E-state index is -0.822. The van der Waals surface area contributed by atoms with Crippen LogP contribution in [0.4, 0.5) is 8.78 Å². The monoisotopic (exact) mass is 223 g/mol. The zero-order valence-electron chi connectivity index (χ0n) is 8.74. The van der Waals surface area contributed by atoms with Crippen LogP contribution in [-0.2, 0) is 6.42 Å². The summed E-state index contributed by atoms with van der Waals surface area (Å²) in [5.74, 6) is -1.57. The lowest BCUT2D eigenvalue weighted by molar-refractivity contribution is 0.505. The fraction of sp³-hybridized carbons (Fsp3) is 0.273. The molecule has 0 spiro atoms. The summed E-state index contributed by atoms with van der Waals surface area (Å²) in [6, 6.07) is 3.95. The van der Waals surface area contributed by atoms with Crippen LogP contribution in [0.5, 0.6) is 0 Å². The first-order chi connectivity index (χ1) is 7.66. The zero-order chi connectivity index (χ0) is 11.5. The normalized spacial score (nSPS) is 12.7. The predicted molar refractivity (Wildman–Crippen MR) is 54.9 cm³/mol. The van der Waals surface area contributed by atoms with Crippen molar-refractivity contribution in [3.8, 4) is 0 Å². The van der Waals surface area contributed by atoms with Gasteiger partial charge in [0.2, 0.25) is 0 Å². The van der Waals surface area contributed by atoms with Crippen LogP contribution in [0.3, 0.4) is 0 Å². The van der Waals surface area contributed by atoms with E-state index in [4.69, 9.17) is 0 Å². The van der Waals surface area contributed by atoms with Gasteiger partial charge in [0.1, 0.15) is 0 Å². The average molecular weight is 223 g/mol. The summed E-state index contributed by atoms with van der Waals surface area (Å²) in [6.45, 7) is 1.93. The Balaban J connectivity index is 2.14. The molecule has 16 heavy (non-hydrogen) atoms. The van der Waals surface area contributed by atoms with E-state index < -0.39 is 11.6 Å². The van der Waals surface area contributed by atoms with Crippen LogP contribution >= 0.6 is 0 Å². The van der Waals surface area contributed by atoms with E-state index in [1.165, 1.54) is 6.07 Å². The molecule has 5 heteroatoms. The van der Waals surface area contributed by atoms with Crippen LogP contribution in [0.2, 0.25) is 0 Å². The summed E-state index contributed by atoms with van der Waals surface area (Å²) in [7, 11) is 0. The van der Waals surface area contributed by atoms with Gasteiger partial charge in [0.05, 0.1) is 11.9 Å². The highest BCUT2D eigenvalue weighted by molar-refractivity contribution is 5.22. The van der Waals surface area contributed by atoms with Crippen LogP contribution in [-0.4, -0.2) is 15.4 Å². The molecule has 0 aliphatic carbocycles. The van der Waals surface area contributed by atoms with Crippen molar-refractivity contribution in [1.29, 1.82) is 0 Å². The predicted octanol–water partition coefficient (Wildman–Crippen LogP) is 2.43. The van der Waals surface area contributed by atoms with E-state index >= 15 is 0 Å². The quantitative estimate of drug-likeness (QED) is 0.868. The Morgan fingerprint density at radius 3 is 2.75 bits per heavy atom. The smallest absolute Gasteiger partial charge is 0.159 e. The highest BCUT2D eigenvalue weighted by atomic mass is 19.2. The third kappa shape index (κ3) is 2.24. The Morgan fingerprint density at radius 1 is 1.31 bits per heavy atom. The van der Waals surface area contributed by atoms with Gasteiger partial charge in [0.15, 0.2) is 11.6 Å². The highest BCUT2D eigenvalue weighted by Crippen LogP contribution is 2.20. The second-order valence-electron chi connectivity index (χ2n) is 3.74. The molecule has 0 saturated heterocycles. The number of aromatic amines is 1. The topological polar surface area (TPSA) is 41.6 Å². The molecule has 1 aromatic carbocycles. The van der Waals surface area contributed by atoms with Crippen molar-refractivity contribution in [3.05, 3.63) is 47.3 Å². The third-order valence-corrected chi connectivity index (χ3v) is 2.49. The molecule has 1 atom stereocenters. The molecule has 84 valence electrons. The maximum atomic E-state index is 13.0. The lowest BCUT2D eigenvalue weighted by Crippen LogP contribution is -2.00. The van der Waals surface area contributed by atoms with Crippen molar-refractivity contribution in [2.24, 2.45) is 0 Å². The summed E-state index contributed by atoms with van der Waals surface area (Å²) in [5, 5.41) is 10.1. The van der Waals surface area contributed by atoms with Gasteiger partial charge in [-0.1, -0.05) is 13.0 Å². The Kier molecular flexibility index (Phi) is 2.94. The molecule has 2 rings (SSSR count). The van der Waals surface area contributed by atoms with Crippen molar-refractivity contribution in [1.82, 2.24) is 15.4 Å². The van der Waals surface area contributed by atoms with Gasteiger partial charge in [0, 0.05) is 0 Å². The largest absolute Gasteiger partial charge is 0.204 e. The van der Waals surface area contributed by atoms with Crippen molar-refractivity contribution in [2.45, 2.75) is 19.3 Å². The number of nitrogens with one attached hydrogen (secondary N) is 1. The molecule has 0 saturated carbocycles. The minimum absolute atomic E-state index is 0.0696. The molecule has 1 unspecified atom stereocenters. The van der Waals surface area contributed by atoms with Crippen molar-refractivity contribution < 1.29 is 8.78 Å². The Labute approximate surface area is 91.5 Å². The van der Waals surface area contributed by atoms with Crippen LogP contribution in [0.15, 0.2) is 24.4 Å². The molecular weight excluding hydrogens is 212 g/mol. The molecule has 0 aliphatic rings. The summed E-state index contributed by atoms with van der Waals surface area (Å²) in [5.41, 5.74) is 1.55. The van der Waals surface area contributed by atoms with E-state index in [0.717, 1.165) is 17.3 Å². The zero-order valence-corrected chi connectivity index (χ0v) is 8.74. The summed E-state index contributed by atoms with van der Waals surface area (Å²) < 4.78 is 25.7. The molecule has 0 amide bonds. The summed E-state index contributed by atoms with van der Waals surface area (Å²) in [6.07, 6.45) is 2.26. The second-order valence-corrected chi connectivity index (χ2v) is 3.74. The van der Waals surface area contributed by atoms with E-state index in [9.17, 15) is 8.78 Å². The van der Waals surface area contributed by atoms with Gasteiger partial charge in [-0.25, -0.2) is 8.78 Å². The van der Waals surface area contributed by atoms with E-state index in [2.05, 4.69) is 15.4 Å². The number of hydrogen-bond donors (Lipinski definition) is 1. The Morgan fingerprint density at radius 2 is 2.12 bits per heavy atom. The van der Waals surface area contributed by atoms with Gasteiger partial charge >= 0.3 is 0 Å². The average Bonchev–Trinajstić information content (AvgIpc) is 2.74. The molecule has 1 N–H and O–H groups in total. The number of hydrogen-bond acceptors (Lipinski definition) is 2. The van der Waals surface area contributed by atoms with Gasteiger partial charge in [-0.05, 0) is 30.0 Å². The molecule has 2 aromatic rings. The van der Waals surface area contributed by atoms with Gasteiger partial charge < -0.3 is 0 Å². The van der Waals surface area contributed by atoms with E-state index in [1.807, 2.05) is 6.92 Å². The molecular formula is C11H11F2N3. The Hall–Kier alpha value is -1.78. The number of nitrogens with zero attached hydrogens (tertiary/aromatic N) is 2. The molecule has 0 aliphatic heterocycles. The molecule has 1 heterocycles. The maximum absolute atomic E-state index is 13.0. The highest BCUT2D eigenvalue weighted by Gasteiger charge is 2.11. The summed E-state index contributed by atoms with van der Waals surface area (Å²) >= 11 is 0. The minimum Gasteiger partial charge on any atom is -0.204 e. The maximum Gasteiger partial charge on any atom is 0.159 e. The first-order valence-electron chi connectivity index (χ1n) is 4.96. The van der Waals surface area contributed by atoms with E-state index in [0.29, 0.717) is 6.42 Å². The van der Waals surface area contributed by atoms with Gasteiger partial charge in [-0.3, -0.25) is 0 Å². The number of benzene rings is 1. The molecule has 0 fully saturated rings. The Bertz CT molecular complexity index is 468. The fourth-order valence-electron chi connectivity index (χ4n) is 1.57. The number of aromatic nitrogens is 3. The standard InChI is InChI=1S/C11H11F2N3/c1-7(4-9-6-14-16-15-9)8-2-3-10(12)11(13)5-8/h2-3,5-7H,4H2,1H3,(H,14,15,16). The fourth-order valence-corrected chi connectivity index (χ4v) is 1.57. The van der Waals surface area contributed by atoms with E-state index in [-0.39, 0.29) is 5.92 Å². The van der Waals surface area contributed by atoms with Crippen molar-refractivity contribution >= 4 is 0 Å². The van der Waals surface area contributed by atoms with Gasteiger partial charge in [-0.15, -0.1) is 0 Å². The van der Waals surface area contributed by atoms with Gasteiger partial charge in [0.25, 0.3) is 0 Å². The molecule has 1 aromatic heterocycles. The van der Waals surface area contributed by atoms with Crippen LogP contribution in [0.25, 0.3) is 0 Å². The second kappa shape index (κ2) is 4.38. The van der Waals surface area contributed by atoms with E-state index in [1.54, 1.807) is 12.3 Å². The third-order valence-electron chi connectivity index (χ3n) is 2.49. The first kappa shape index (κ1) is 10.7. The van der Waals surface area contributed by atoms with Crippen LogP contribution in [0.1, 0.15) is 24.1 Å². The van der Waals surface area contributed by atoms with Crippen molar-refractivity contribution in [3.63, 3.8) is 0 Å². The molecule has 0 bridgehead atoms. The number of rotatable bonds is 3. The van der Waals surface area contributed by atoms with Crippen LogP contribution in [0, 0.1) is 11.6 Å². The van der Waals surface area contributed by atoms with Crippen molar-refractivity contribution in [2.75, 3.05) is 0 Å². The molecule has 0 radical (unpaired) electrons. The lowest BCUT2D eigenvalue weighted by atomic mass is 9.96.